The highest BCUT2D eigenvalue weighted by molar-refractivity contribution is 4.88. The first-order valence-electron chi connectivity index (χ1n) is 5.20. The molecule has 0 aromatic heterocycles. The van der Waals surface area contributed by atoms with Gasteiger partial charge in [-0.1, -0.05) is 19.8 Å². The molecular formula is C10H19N3. The van der Waals surface area contributed by atoms with Gasteiger partial charge in [0.15, 0.2) is 0 Å². The molecule has 0 bridgehead atoms. The van der Waals surface area contributed by atoms with Crippen molar-refractivity contribution in [2.24, 2.45) is 0 Å². The van der Waals surface area contributed by atoms with Gasteiger partial charge in [-0.3, -0.25) is 0 Å². The molecule has 1 aliphatic heterocycles. The predicted octanol–water partition coefficient (Wildman–Crippen LogP) is 1.02. The lowest BCUT2D eigenvalue weighted by Crippen LogP contribution is -2.54. The molecule has 2 atom stereocenters. The van der Waals surface area contributed by atoms with Crippen LogP contribution in [-0.4, -0.2) is 25.2 Å². The molecule has 13 heavy (non-hydrogen) atoms. The number of rotatable bonds is 4. The second kappa shape index (κ2) is 5.95. The lowest BCUT2D eigenvalue weighted by Gasteiger charge is -2.30. The van der Waals surface area contributed by atoms with Crippen LogP contribution in [0.5, 0.6) is 0 Å². The van der Waals surface area contributed by atoms with Crippen LogP contribution in [0, 0.1) is 11.3 Å². The normalized spacial score (nSPS) is 28.3. The van der Waals surface area contributed by atoms with Gasteiger partial charge in [0.1, 0.15) is 0 Å². The molecule has 3 heteroatoms. The summed E-state index contributed by atoms with van der Waals surface area (Å²) < 4.78 is 0. The van der Waals surface area contributed by atoms with E-state index < -0.39 is 0 Å². The van der Waals surface area contributed by atoms with Crippen molar-refractivity contribution < 1.29 is 0 Å². The van der Waals surface area contributed by atoms with Crippen LogP contribution < -0.4 is 10.6 Å². The molecule has 3 nitrogen and oxygen atoms in total. The molecule has 74 valence electrons. The molecule has 0 aromatic carbocycles. The Morgan fingerprint density at radius 2 is 2.00 bits per heavy atom. The lowest BCUT2D eigenvalue weighted by molar-refractivity contribution is 0.331. The zero-order valence-corrected chi connectivity index (χ0v) is 8.34. The summed E-state index contributed by atoms with van der Waals surface area (Å²) in [5.41, 5.74) is 0. The molecule has 1 heterocycles. The van der Waals surface area contributed by atoms with Gasteiger partial charge >= 0.3 is 0 Å². The average molecular weight is 181 g/mol. The highest BCUT2D eigenvalue weighted by Gasteiger charge is 2.18. The summed E-state index contributed by atoms with van der Waals surface area (Å²) in [7, 11) is 0. The third-order valence-corrected chi connectivity index (χ3v) is 2.55. The second-order valence-corrected chi connectivity index (χ2v) is 3.71. The molecule has 0 unspecified atom stereocenters. The van der Waals surface area contributed by atoms with Crippen molar-refractivity contribution in [2.75, 3.05) is 13.1 Å². The van der Waals surface area contributed by atoms with Crippen molar-refractivity contribution in [1.82, 2.24) is 10.6 Å². The van der Waals surface area contributed by atoms with Crippen LogP contribution in [0.1, 0.15) is 32.6 Å². The van der Waals surface area contributed by atoms with Crippen LogP contribution in [0.4, 0.5) is 0 Å². The fourth-order valence-corrected chi connectivity index (χ4v) is 1.67. The Balaban J connectivity index is 2.12. The minimum atomic E-state index is 0.364. The fourth-order valence-electron chi connectivity index (χ4n) is 1.67. The van der Waals surface area contributed by atoms with Crippen molar-refractivity contribution >= 4 is 0 Å². The van der Waals surface area contributed by atoms with E-state index in [1.165, 1.54) is 19.3 Å². The molecular weight excluding hydrogens is 162 g/mol. The topological polar surface area (TPSA) is 47.9 Å². The quantitative estimate of drug-likeness (QED) is 0.680. The van der Waals surface area contributed by atoms with Gasteiger partial charge in [-0.2, -0.15) is 5.26 Å². The van der Waals surface area contributed by atoms with E-state index in [1.807, 2.05) is 0 Å². The van der Waals surface area contributed by atoms with Crippen LogP contribution in [0.25, 0.3) is 0 Å². The fraction of sp³-hybridized carbons (Fsp3) is 0.900. The predicted molar refractivity (Wildman–Crippen MR) is 53.3 cm³/mol. The molecule has 0 radical (unpaired) electrons. The molecule has 0 amide bonds. The third kappa shape index (κ3) is 3.75. The lowest BCUT2D eigenvalue weighted by atomic mass is 10.1. The Labute approximate surface area is 80.5 Å². The van der Waals surface area contributed by atoms with E-state index in [9.17, 15) is 0 Å². The maximum atomic E-state index is 8.51. The highest BCUT2D eigenvalue weighted by atomic mass is 15.1. The smallest absolute Gasteiger partial charge is 0.0638 e. The van der Waals surface area contributed by atoms with E-state index in [0.29, 0.717) is 18.5 Å². The average Bonchev–Trinajstić information content (AvgIpc) is 2.17. The molecule has 0 spiro atoms. The van der Waals surface area contributed by atoms with E-state index >= 15 is 0 Å². The Bertz CT molecular complexity index is 165. The van der Waals surface area contributed by atoms with Crippen LogP contribution >= 0.6 is 0 Å². The molecule has 0 saturated carbocycles. The van der Waals surface area contributed by atoms with E-state index in [0.717, 1.165) is 13.1 Å². The maximum Gasteiger partial charge on any atom is 0.0638 e. The van der Waals surface area contributed by atoms with Gasteiger partial charge < -0.3 is 10.6 Å². The molecule has 2 N–H and O–H groups in total. The summed E-state index contributed by atoms with van der Waals surface area (Å²) in [4.78, 5) is 0. The van der Waals surface area contributed by atoms with E-state index in [-0.39, 0.29) is 0 Å². The number of piperazine rings is 1. The molecule has 0 aromatic rings. The standard InChI is InChI=1S/C10H19N3/c1-2-3-4-9-7-13-10(5-6-11)8-12-9/h9-10,12-13H,2-5,7-8H2,1H3/t9-,10-/m1/s1. The van der Waals surface area contributed by atoms with Gasteiger partial charge in [-0.15, -0.1) is 0 Å². The summed E-state index contributed by atoms with van der Waals surface area (Å²) in [6, 6.07) is 3.18. The first-order valence-corrected chi connectivity index (χ1v) is 5.20. The molecule has 1 saturated heterocycles. The molecule has 1 rings (SSSR count). The van der Waals surface area contributed by atoms with E-state index in [2.05, 4.69) is 23.6 Å². The van der Waals surface area contributed by atoms with Crippen LogP contribution in [0.3, 0.4) is 0 Å². The number of unbranched alkanes of at least 4 members (excludes halogenated alkanes) is 1. The minimum Gasteiger partial charge on any atom is -0.311 e. The van der Waals surface area contributed by atoms with Crippen molar-refractivity contribution in [3.05, 3.63) is 0 Å². The number of nitriles is 1. The molecule has 1 fully saturated rings. The number of hydrogen-bond acceptors (Lipinski definition) is 3. The summed E-state index contributed by atoms with van der Waals surface area (Å²) >= 11 is 0. The zero-order valence-electron chi connectivity index (χ0n) is 8.34. The summed E-state index contributed by atoms with van der Waals surface area (Å²) in [5, 5.41) is 15.4. The Hall–Kier alpha value is -0.590. The summed E-state index contributed by atoms with van der Waals surface area (Å²) in [5.74, 6) is 0. The Kier molecular flexibility index (Phi) is 4.81. The number of nitrogens with one attached hydrogen (secondary N) is 2. The van der Waals surface area contributed by atoms with Gasteiger partial charge in [-0.25, -0.2) is 0 Å². The van der Waals surface area contributed by atoms with Crippen molar-refractivity contribution in [1.29, 1.82) is 5.26 Å². The minimum absolute atomic E-state index is 0.364. The number of hydrogen-bond donors (Lipinski definition) is 2. The van der Waals surface area contributed by atoms with Gasteiger partial charge in [0.25, 0.3) is 0 Å². The monoisotopic (exact) mass is 181 g/mol. The van der Waals surface area contributed by atoms with Crippen LogP contribution in [-0.2, 0) is 0 Å². The summed E-state index contributed by atoms with van der Waals surface area (Å²) in [6.45, 7) is 4.18. The maximum absolute atomic E-state index is 8.51. The van der Waals surface area contributed by atoms with Gasteiger partial charge in [0, 0.05) is 25.2 Å². The Morgan fingerprint density at radius 1 is 1.31 bits per heavy atom. The second-order valence-electron chi connectivity index (χ2n) is 3.71. The van der Waals surface area contributed by atoms with Crippen LogP contribution in [0.15, 0.2) is 0 Å². The Morgan fingerprint density at radius 3 is 2.54 bits per heavy atom. The van der Waals surface area contributed by atoms with E-state index in [4.69, 9.17) is 5.26 Å². The largest absolute Gasteiger partial charge is 0.311 e. The number of nitrogens with zero attached hydrogens (tertiary/aromatic N) is 1. The van der Waals surface area contributed by atoms with Gasteiger partial charge in [0.2, 0.25) is 0 Å². The van der Waals surface area contributed by atoms with Gasteiger partial charge in [-0.05, 0) is 6.42 Å². The molecule has 0 aliphatic carbocycles. The van der Waals surface area contributed by atoms with E-state index in [1.54, 1.807) is 0 Å². The summed E-state index contributed by atoms with van der Waals surface area (Å²) in [6.07, 6.45) is 4.43. The zero-order chi connectivity index (χ0) is 9.52. The van der Waals surface area contributed by atoms with Crippen LogP contribution in [0.2, 0.25) is 0 Å². The molecule has 1 aliphatic rings. The van der Waals surface area contributed by atoms with Crippen molar-refractivity contribution in [3.63, 3.8) is 0 Å². The van der Waals surface area contributed by atoms with Crippen molar-refractivity contribution in [3.8, 4) is 6.07 Å². The highest BCUT2D eigenvalue weighted by Crippen LogP contribution is 2.04. The third-order valence-electron chi connectivity index (χ3n) is 2.55. The van der Waals surface area contributed by atoms with Crippen molar-refractivity contribution in [2.45, 2.75) is 44.7 Å². The first-order chi connectivity index (χ1) is 6.36. The first kappa shape index (κ1) is 10.5. The van der Waals surface area contributed by atoms with Gasteiger partial charge in [0.05, 0.1) is 12.5 Å². The SMILES string of the molecule is CCCC[C@@H]1CN[C@H](CC#N)CN1.